The Labute approximate surface area is 163 Å². The van der Waals surface area contributed by atoms with Crippen LogP contribution in [0.15, 0.2) is 42.5 Å². The highest BCUT2D eigenvalue weighted by molar-refractivity contribution is 7.22. The number of amides is 1. The molecule has 2 aromatic carbocycles. The first-order valence-corrected chi connectivity index (χ1v) is 9.88. The van der Waals surface area contributed by atoms with Crippen LogP contribution in [0, 0.1) is 6.92 Å². The Morgan fingerprint density at radius 1 is 1.19 bits per heavy atom. The molecule has 0 fully saturated rings. The molecule has 1 heterocycles. The van der Waals surface area contributed by atoms with Gasteiger partial charge in [-0.05, 0) is 42.8 Å². The number of nitrogens with one attached hydrogen (secondary N) is 1. The van der Waals surface area contributed by atoms with Crippen molar-refractivity contribution in [1.29, 1.82) is 0 Å². The van der Waals surface area contributed by atoms with Crippen LogP contribution >= 0.6 is 22.9 Å². The molecular formula is C20H23ClN3OS+. The number of carbonyl (C=O) groups is 1. The molecule has 136 valence electrons. The monoisotopic (exact) mass is 388 g/mol. The van der Waals surface area contributed by atoms with Crippen LogP contribution in [0.2, 0.25) is 5.02 Å². The van der Waals surface area contributed by atoms with Crippen LogP contribution in [0.4, 0.5) is 5.13 Å². The van der Waals surface area contributed by atoms with Crippen LogP contribution in [0.1, 0.15) is 22.3 Å². The molecule has 0 saturated heterocycles. The highest BCUT2D eigenvalue weighted by Crippen LogP contribution is 2.31. The predicted octanol–water partition coefficient (Wildman–Crippen LogP) is 3.44. The number of nitrogens with zero attached hydrogens (tertiary/aromatic N) is 2. The molecule has 1 aromatic heterocycles. The fourth-order valence-electron chi connectivity index (χ4n) is 2.81. The highest BCUT2D eigenvalue weighted by Gasteiger charge is 2.21. The molecule has 0 aliphatic carbocycles. The number of carbonyl (C=O) groups excluding carboxylic acids is 1. The lowest BCUT2D eigenvalue weighted by atomic mass is 10.2. The first-order chi connectivity index (χ1) is 12.5. The van der Waals surface area contributed by atoms with E-state index in [9.17, 15) is 4.79 Å². The Hall–Kier alpha value is -1.95. The van der Waals surface area contributed by atoms with Crippen molar-refractivity contribution in [1.82, 2.24) is 4.98 Å². The molecule has 0 spiro atoms. The predicted molar refractivity (Wildman–Crippen MR) is 110 cm³/mol. The zero-order chi connectivity index (χ0) is 18.7. The lowest BCUT2D eigenvalue weighted by Crippen LogP contribution is -3.05. The summed E-state index contributed by atoms with van der Waals surface area (Å²) < 4.78 is 1.10. The van der Waals surface area contributed by atoms with Crippen LogP contribution in [0.5, 0.6) is 0 Å². The summed E-state index contributed by atoms with van der Waals surface area (Å²) in [6, 6.07) is 13.2. The van der Waals surface area contributed by atoms with Crippen molar-refractivity contribution in [3.63, 3.8) is 0 Å². The Kier molecular flexibility index (Phi) is 5.91. The van der Waals surface area contributed by atoms with Crippen LogP contribution in [0.3, 0.4) is 0 Å². The number of aromatic nitrogens is 1. The summed E-state index contributed by atoms with van der Waals surface area (Å²) in [6.45, 7) is 3.69. The summed E-state index contributed by atoms with van der Waals surface area (Å²) in [5, 5.41) is 1.38. The average molecular weight is 389 g/mol. The van der Waals surface area contributed by atoms with E-state index in [1.54, 1.807) is 40.5 Å². The van der Waals surface area contributed by atoms with Crippen molar-refractivity contribution in [2.75, 3.05) is 32.1 Å². The van der Waals surface area contributed by atoms with E-state index in [1.165, 1.54) is 4.90 Å². The normalized spacial score (nSPS) is 11.3. The molecular weight excluding hydrogens is 366 g/mol. The minimum absolute atomic E-state index is 0.0351. The van der Waals surface area contributed by atoms with E-state index in [0.29, 0.717) is 17.1 Å². The molecule has 3 rings (SSSR count). The molecule has 0 bridgehead atoms. The Morgan fingerprint density at radius 2 is 1.92 bits per heavy atom. The standard InChI is InChI=1S/C20H22ClN3OS/c1-14-6-4-7-17-18(14)22-20(26-17)24(13-5-12-23(2)3)19(25)15-8-10-16(21)11-9-15/h4,6-11H,5,12-13H2,1-3H3/p+1. The van der Waals surface area contributed by atoms with Crippen LogP contribution in [-0.2, 0) is 0 Å². The molecule has 0 aliphatic rings. The molecule has 1 N–H and O–H groups in total. The lowest BCUT2D eigenvalue weighted by molar-refractivity contribution is -0.858. The van der Waals surface area contributed by atoms with Gasteiger partial charge >= 0.3 is 0 Å². The minimum Gasteiger partial charge on any atom is -0.340 e. The lowest BCUT2D eigenvalue weighted by Gasteiger charge is -2.20. The molecule has 0 unspecified atom stereocenters. The van der Waals surface area contributed by atoms with Gasteiger partial charge in [0.1, 0.15) is 0 Å². The van der Waals surface area contributed by atoms with Crippen molar-refractivity contribution in [2.24, 2.45) is 0 Å². The third-order valence-corrected chi connectivity index (χ3v) is 5.53. The number of hydrogen-bond acceptors (Lipinski definition) is 3. The van der Waals surface area contributed by atoms with Gasteiger partial charge in [0.05, 0.1) is 30.9 Å². The molecule has 4 nitrogen and oxygen atoms in total. The van der Waals surface area contributed by atoms with Crippen molar-refractivity contribution in [2.45, 2.75) is 13.3 Å². The molecule has 0 atom stereocenters. The minimum atomic E-state index is -0.0351. The van der Waals surface area contributed by atoms with Gasteiger partial charge in [0.15, 0.2) is 5.13 Å². The third-order valence-electron chi connectivity index (χ3n) is 4.24. The number of quaternary nitrogens is 1. The quantitative estimate of drug-likeness (QED) is 0.702. The fourth-order valence-corrected chi connectivity index (χ4v) is 4.01. The topological polar surface area (TPSA) is 37.6 Å². The summed E-state index contributed by atoms with van der Waals surface area (Å²) in [5.74, 6) is -0.0351. The van der Waals surface area contributed by atoms with Gasteiger partial charge in [0.2, 0.25) is 0 Å². The largest absolute Gasteiger partial charge is 0.340 e. The number of anilines is 1. The Balaban J connectivity index is 1.94. The molecule has 0 aliphatic heterocycles. The molecule has 0 radical (unpaired) electrons. The van der Waals surface area contributed by atoms with Gasteiger partial charge in [0, 0.05) is 23.6 Å². The molecule has 1 amide bonds. The summed E-state index contributed by atoms with van der Waals surface area (Å²) in [5.41, 5.74) is 2.73. The Morgan fingerprint density at radius 3 is 2.58 bits per heavy atom. The first-order valence-electron chi connectivity index (χ1n) is 8.68. The first kappa shape index (κ1) is 18.8. The van der Waals surface area contributed by atoms with Gasteiger partial charge in [0.25, 0.3) is 5.91 Å². The van der Waals surface area contributed by atoms with Crippen molar-refractivity contribution in [3.05, 3.63) is 58.6 Å². The number of para-hydroxylation sites is 1. The number of rotatable bonds is 6. The number of halogens is 1. The maximum Gasteiger partial charge on any atom is 0.260 e. The molecule has 3 aromatic rings. The number of aryl methyl sites for hydroxylation is 1. The molecule has 26 heavy (non-hydrogen) atoms. The maximum absolute atomic E-state index is 13.1. The smallest absolute Gasteiger partial charge is 0.260 e. The van der Waals surface area contributed by atoms with Crippen molar-refractivity contribution >= 4 is 44.2 Å². The fraction of sp³-hybridized carbons (Fsp3) is 0.300. The van der Waals surface area contributed by atoms with Crippen molar-refractivity contribution in [3.8, 4) is 0 Å². The van der Waals surface area contributed by atoms with Crippen molar-refractivity contribution < 1.29 is 9.69 Å². The Bertz CT molecular complexity index is 905. The molecule has 6 heteroatoms. The summed E-state index contributed by atoms with van der Waals surface area (Å²) in [6.07, 6.45) is 0.913. The van der Waals surface area contributed by atoms with E-state index in [-0.39, 0.29) is 5.91 Å². The maximum atomic E-state index is 13.1. The van der Waals surface area contributed by atoms with E-state index in [2.05, 4.69) is 20.2 Å². The van der Waals surface area contributed by atoms with Gasteiger partial charge in [-0.1, -0.05) is 35.1 Å². The SMILES string of the molecule is Cc1cccc2sc(N(CCC[NH+](C)C)C(=O)c3ccc(Cl)cc3)nc12. The van der Waals surface area contributed by atoms with Gasteiger partial charge in [-0.3, -0.25) is 9.69 Å². The van der Waals surface area contributed by atoms with E-state index in [1.807, 2.05) is 19.1 Å². The molecule has 0 saturated carbocycles. The van der Waals surface area contributed by atoms with E-state index >= 15 is 0 Å². The number of fused-ring (bicyclic) bond motifs is 1. The second-order valence-corrected chi connectivity index (χ2v) is 8.14. The second kappa shape index (κ2) is 8.16. The number of hydrogen-bond donors (Lipinski definition) is 1. The summed E-state index contributed by atoms with van der Waals surface area (Å²) in [7, 11) is 4.23. The van der Waals surface area contributed by atoms with Gasteiger partial charge < -0.3 is 4.90 Å². The van der Waals surface area contributed by atoms with E-state index in [4.69, 9.17) is 16.6 Å². The van der Waals surface area contributed by atoms with Gasteiger partial charge in [-0.25, -0.2) is 4.98 Å². The van der Waals surface area contributed by atoms with Gasteiger partial charge in [-0.15, -0.1) is 0 Å². The second-order valence-electron chi connectivity index (χ2n) is 6.69. The van der Waals surface area contributed by atoms with E-state index in [0.717, 1.165) is 33.9 Å². The van der Waals surface area contributed by atoms with Crippen LogP contribution in [0.25, 0.3) is 10.2 Å². The van der Waals surface area contributed by atoms with Crippen LogP contribution in [-0.4, -0.2) is 38.1 Å². The summed E-state index contributed by atoms with van der Waals surface area (Å²) >= 11 is 7.53. The third kappa shape index (κ3) is 4.23. The summed E-state index contributed by atoms with van der Waals surface area (Å²) in [4.78, 5) is 21.1. The van der Waals surface area contributed by atoms with Crippen LogP contribution < -0.4 is 9.80 Å². The zero-order valence-corrected chi connectivity index (χ0v) is 16.8. The highest BCUT2D eigenvalue weighted by atomic mass is 35.5. The zero-order valence-electron chi connectivity index (χ0n) is 15.3. The van der Waals surface area contributed by atoms with Gasteiger partial charge in [-0.2, -0.15) is 0 Å². The number of benzene rings is 2. The average Bonchev–Trinajstić information content (AvgIpc) is 3.04. The van der Waals surface area contributed by atoms with E-state index < -0.39 is 0 Å². The number of thiazole rings is 1.